The smallest absolute Gasteiger partial charge is 0.0975 e. The van der Waals surface area contributed by atoms with Gasteiger partial charge in [-0.15, -0.1) is 0 Å². The molecule has 0 aliphatic heterocycles. The van der Waals surface area contributed by atoms with Gasteiger partial charge in [0.05, 0.1) is 15.7 Å². The summed E-state index contributed by atoms with van der Waals surface area (Å²) in [6.45, 7) is 8.16. The summed E-state index contributed by atoms with van der Waals surface area (Å²) in [5, 5.41) is 0. The van der Waals surface area contributed by atoms with E-state index in [-0.39, 0.29) is 10.8 Å². The fraction of sp³-hybridized carbons (Fsp3) is 0.571. The van der Waals surface area contributed by atoms with Crippen molar-refractivity contribution in [1.82, 2.24) is 4.72 Å². The summed E-state index contributed by atoms with van der Waals surface area (Å²) in [4.78, 5) is 0. The summed E-state index contributed by atoms with van der Waals surface area (Å²) in [7, 11) is -0.991. The average Bonchev–Trinajstić information content (AvgIpc) is 2.62. The van der Waals surface area contributed by atoms with E-state index in [2.05, 4.69) is 29.8 Å². The summed E-state index contributed by atoms with van der Waals surface area (Å²) in [6, 6.07) is 6.66. The molecule has 0 bridgehead atoms. The molecule has 1 aliphatic carbocycles. The van der Waals surface area contributed by atoms with Crippen molar-refractivity contribution in [3.63, 3.8) is 0 Å². The molecule has 2 rings (SSSR count). The molecule has 0 saturated carbocycles. The Morgan fingerprint density at radius 2 is 2.06 bits per heavy atom. The lowest BCUT2D eigenvalue weighted by Gasteiger charge is -2.22. The van der Waals surface area contributed by atoms with Crippen LogP contribution in [-0.4, -0.2) is 8.96 Å². The van der Waals surface area contributed by atoms with E-state index in [0.717, 1.165) is 12.8 Å². The van der Waals surface area contributed by atoms with Crippen LogP contribution in [0.2, 0.25) is 0 Å². The van der Waals surface area contributed by atoms with Gasteiger partial charge in [0, 0.05) is 6.04 Å². The number of hydrogen-bond acceptors (Lipinski definition) is 1. The van der Waals surface area contributed by atoms with Crippen molar-refractivity contribution >= 4 is 11.0 Å². The van der Waals surface area contributed by atoms with Gasteiger partial charge in [-0.3, -0.25) is 0 Å². The third-order valence-corrected chi connectivity index (χ3v) is 4.92. The molecule has 1 N–H and O–H groups in total. The van der Waals surface area contributed by atoms with Gasteiger partial charge in [-0.05, 0) is 57.2 Å². The highest BCUT2D eigenvalue weighted by atomic mass is 32.2. The van der Waals surface area contributed by atoms with Crippen LogP contribution < -0.4 is 4.72 Å². The minimum absolute atomic E-state index is 0.202. The van der Waals surface area contributed by atoms with Gasteiger partial charge in [-0.1, -0.05) is 18.2 Å². The van der Waals surface area contributed by atoms with Crippen molar-refractivity contribution in [3.8, 4) is 0 Å². The van der Waals surface area contributed by atoms with E-state index in [1.165, 1.54) is 16.7 Å². The van der Waals surface area contributed by atoms with E-state index in [1.54, 1.807) is 0 Å². The summed E-state index contributed by atoms with van der Waals surface area (Å²) in [5.74, 6) is 0. The van der Waals surface area contributed by atoms with Crippen molar-refractivity contribution in [2.75, 3.05) is 0 Å². The van der Waals surface area contributed by atoms with Crippen LogP contribution in [0.15, 0.2) is 18.2 Å². The largest absolute Gasteiger partial charge is 0.242 e. The zero-order valence-corrected chi connectivity index (χ0v) is 11.9. The molecular formula is C14H21NOS. The lowest BCUT2D eigenvalue weighted by Crippen LogP contribution is -2.35. The highest BCUT2D eigenvalue weighted by Gasteiger charge is 2.28. The molecule has 94 valence electrons. The highest BCUT2D eigenvalue weighted by Crippen LogP contribution is 2.33. The van der Waals surface area contributed by atoms with Gasteiger partial charge in [-0.25, -0.2) is 8.93 Å². The fourth-order valence-electron chi connectivity index (χ4n) is 2.27. The second kappa shape index (κ2) is 4.54. The Kier molecular flexibility index (Phi) is 3.41. The first-order valence-corrected chi connectivity index (χ1v) is 7.31. The molecule has 0 heterocycles. The summed E-state index contributed by atoms with van der Waals surface area (Å²) in [5.41, 5.74) is 4.13. The standard InChI is InChI=1S/C14H21NOS/c1-10-6-5-7-12-11(10)8-9-13(12)15-17(16)14(2,3)4/h5-7,13,15H,8-9H2,1-4H3/t13-,17-/m0/s1. The van der Waals surface area contributed by atoms with Crippen LogP contribution in [0.3, 0.4) is 0 Å². The quantitative estimate of drug-likeness (QED) is 0.860. The third-order valence-electron chi connectivity index (χ3n) is 3.31. The molecule has 2 nitrogen and oxygen atoms in total. The molecule has 2 atom stereocenters. The third kappa shape index (κ3) is 2.61. The fourth-order valence-corrected chi connectivity index (χ4v) is 3.12. The Balaban J connectivity index is 2.18. The maximum absolute atomic E-state index is 12.1. The van der Waals surface area contributed by atoms with Crippen LogP contribution >= 0.6 is 0 Å². The molecular weight excluding hydrogens is 230 g/mol. The average molecular weight is 251 g/mol. The van der Waals surface area contributed by atoms with Crippen molar-refractivity contribution in [3.05, 3.63) is 34.9 Å². The summed E-state index contributed by atoms with van der Waals surface area (Å²) >= 11 is 0. The normalized spacial score (nSPS) is 21.3. The van der Waals surface area contributed by atoms with Crippen LogP contribution in [0.25, 0.3) is 0 Å². The summed E-state index contributed by atoms with van der Waals surface area (Å²) < 4.78 is 15.2. The van der Waals surface area contributed by atoms with E-state index in [0.29, 0.717) is 0 Å². The second-order valence-electron chi connectivity index (χ2n) is 5.73. The highest BCUT2D eigenvalue weighted by molar-refractivity contribution is 7.84. The van der Waals surface area contributed by atoms with Crippen LogP contribution in [0, 0.1) is 6.92 Å². The topological polar surface area (TPSA) is 29.1 Å². The molecule has 1 aliphatic rings. The zero-order chi connectivity index (χ0) is 12.6. The van der Waals surface area contributed by atoms with Gasteiger partial charge < -0.3 is 0 Å². The van der Waals surface area contributed by atoms with Gasteiger partial charge >= 0.3 is 0 Å². The molecule has 0 spiro atoms. The van der Waals surface area contributed by atoms with Crippen molar-refractivity contribution in [1.29, 1.82) is 0 Å². The Hall–Kier alpha value is -0.670. The number of rotatable bonds is 2. The molecule has 0 saturated heterocycles. The maximum Gasteiger partial charge on any atom is 0.0975 e. The number of fused-ring (bicyclic) bond motifs is 1. The summed E-state index contributed by atoms with van der Waals surface area (Å²) in [6.07, 6.45) is 2.16. The molecule has 17 heavy (non-hydrogen) atoms. The molecule has 0 aromatic heterocycles. The first kappa shape index (κ1) is 12.8. The Morgan fingerprint density at radius 1 is 1.35 bits per heavy atom. The monoisotopic (exact) mass is 251 g/mol. The predicted octanol–water partition coefficient (Wildman–Crippen LogP) is 3.03. The Bertz CT molecular complexity index is 448. The lowest BCUT2D eigenvalue weighted by atomic mass is 10.0. The first-order valence-electron chi connectivity index (χ1n) is 6.16. The van der Waals surface area contributed by atoms with Gasteiger partial charge in [-0.2, -0.15) is 0 Å². The van der Waals surface area contributed by atoms with Crippen molar-refractivity contribution in [2.45, 2.75) is 51.3 Å². The molecule has 0 unspecified atom stereocenters. The lowest BCUT2D eigenvalue weighted by molar-refractivity contribution is 0.596. The van der Waals surface area contributed by atoms with Gasteiger partial charge in [0.2, 0.25) is 0 Å². The van der Waals surface area contributed by atoms with E-state index in [1.807, 2.05) is 20.8 Å². The van der Waals surface area contributed by atoms with Gasteiger partial charge in [0.25, 0.3) is 0 Å². The van der Waals surface area contributed by atoms with Crippen molar-refractivity contribution < 1.29 is 4.21 Å². The van der Waals surface area contributed by atoms with Gasteiger partial charge in [0.1, 0.15) is 0 Å². The first-order chi connectivity index (χ1) is 7.89. The number of benzene rings is 1. The number of nitrogens with one attached hydrogen (secondary N) is 1. The second-order valence-corrected chi connectivity index (χ2v) is 7.73. The number of aryl methyl sites for hydroxylation is 1. The van der Waals surface area contributed by atoms with E-state index in [9.17, 15) is 4.21 Å². The zero-order valence-electron chi connectivity index (χ0n) is 11.0. The van der Waals surface area contributed by atoms with Crippen LogP contribution in [0.4, 0.5) is 0 Å². The Morgan fingerprint density at radius 3 is 2.71 bits per heavy atom. The maximum atomic E-state index is 12.1. The number of hydrogen-bond donors (Lipinski definition) is 1. The van der Waals surface area contributed by atoms with Gasteiger partial charge in [0.15, 0.2) is 0 Å². The minimum atomic E-state index is -0.991. The Labute approximate surface area is 106 Å². The minimum Gasteiger partial charge on any atom is -0.242 e. The molecule has 1 aromatic carbocycles. The van der Waals surface area contributed by atoms with Crippen molar-refractivity contribution in [2.24, 2.45) is 0 Å². The molecule has 0 radical (unpaired) electrons. The van der Waals surface area contributed by atoms with Crippen LogP contribution in [-0.2, 0) is 17.4 Å². The molecule has 1 aromatic rings. The van der Waals surface area contributed by atoms with E-state index in [4.69, 9.17) is 0 Å². The molecule has 0 fully saturated rings. The molecule has 0 amide bonds. The molecule has 3 heteroatoms. The van der Waals surface area contributed by atoms with Crippen LogP contribution in [0.5, 0.6) is 0 Å². The van der Waals surface area contributed by atoms with Crippen LogP contribution in [0.1, 0.15) is 49.9 Å². The van der Waals surface area contributed by atoms with E-state index < -0.39 is 11.0 Å². The van der Waals surface area contributed by atoms with E-state index >= 15 is 0 Å². The SMILES string of the molecule is Cc1cccc2c1CC[C@@H]2N[S@@](=O)C(C)(C)C. The predicted molar refractivity (Wildman–Crippen MR) is 73.3 cm³/mol.